The Bertz CT molecular complexity index is 1070. The number of amides is 1. The van der Waals surface area contributed by atoms with E-state index in [0.29, 0.717) is 44.8 Å². The first kappa shape index (κ1) is 22.6. The van der Waals surface area contributed by atoms with Crippen LogP contribution in [0.2, 0.25) is 0 Å². The minimum Gasteiger partial charge on any atom is -0.369 e. The number of anilines is 1. The van der Waals surface area contributed by atoms with Crippen LogP contribution in [0.5, 0.6) is 0 Å². The maximum atomic E-state index is 13.0. The molecule has 2 saturated heterocycles. The zero-order chi connectivity index (χ0) is 22.9. The molecule has 2 aromatic carbocycles. The zero-order valence-corrected chi connectivity index (χ0v) is 18.1. The molecule has 2 aromatic rings. The Morgan fingerprint density at radius 3 is 2.28 bits per heavy atom. The van der Waals surface area contributed by atoms with Crippen LogP contribution in [0.1, 0.15) is 18.4 Å². The van der Waals surface area contributed by atoms with E-state index in [0.717, 1.165) is 16.4 Å². The van der Waals surface area contributed by atoms with Crippen LogP contribution in [0.25, 0.3) is 0 Å². The van der Waals surface area contributed by atoms with Crippen LogP contribution < -0.4 is 4.90 Å². The maximum Gasteiger partial charge on any atom is 0.416 e. The molecule has 2 fully saturated rings. The highest BCUT2D eigenvalue weighted by Gasteiger charge is 2.41. The molecule has 1 atom stereocenters. The Morgan fingerprint density at radius 2 is 1.62 bits per heavy atom. The minimum absolute atomic E-state index is 0.0922. The molecule has 2 aliphatic heterocycles. The Hall–Kier alpha value is -2.59. The lowest BCUT2D eigenvalue weighted by Gasteiger charge is -2.38. The molecular formula is C22H24F3N3O3S. The first-order valence-corrected chi connectivity index (χ1v) is 11.9. The molecule has 0 unspecified atom stereocenters. The molecule has 0 aliphatic carbocycles. The number of rotatable bonds is 5. The molecule has 1 amide bonds. The van der Waals surface area contributed by atoms with Gasteiger partial charge in [-0.25, -0.2) is 12.7 Å². The molecule has 0 saturated carbocycles. The molecule has 0 bridgehead atoms. The fourth-order valence-electron chi connectivity index (χ4n) is 4.29. The second-order valence-corrected chi connectivity index (χ2v) is 9.85. The average Bonchev–Trinajstić information content (AvgIpc) is 3.15. The minimum atomic E-state index is -4.39. The lowest BCUT2D eigenvalue weighted by atomic mass is 10.1. The van der Waals surface area contributed by atoms with Gasteiger partial charge in [-0.2, -0.15) is 13.2 Å². The summed E-state index contributed by atoms with van der Waals surface area (Å²) in [4.78, 5) is 16.5. The van der Waals surface area contributed by atoms with Crippen molar-refractivity contribution >= 4 is 21.6 Å². The van der Waals surface area contributed by atoms with Crippen molar-refractivity contribution in [2.75, 3.05) is 37.6 Å². The summed E-state index contributed by atoms with van der Waals surface area (Å²) in [5.74, 6) is -0.401. The molecular weight excluding hydrogens is 443 g/mol. The number of benzene rings is 2. The number of nitrogens with zero attached hydrogens (tertiary/aromatic N) is 3. The SMILES string of the molecule is O=C1CC[C@@H](CN2CCN(c3cccc(C(F)(F)F)c3)CC2)N1S(=O)(=O)c1ccccc1. The third-order valence-corrected chi connectivity index (χ3v) is 7.84. The van der Waals surface area contributed by atoms with E-state index >= 15 is 0 Å². The lowest BCUT2D eigenvalue weighted by Crippen LogP contribution is -2.51. The van der Waals surface area contributed by atoms with Crippen molar-refractivity contribution < 1.29 is 26.4 Å². The summed E-state index contributed by atoms with van der Waals surface area (Å²) in [7, 11) is -3.92. The van der Waals surface area contributed by atoms with Gasteiger partial charge in [-0.3, -0.25) is 9.69 Å². The number of hydrogen-bond acceptors (Lipinski definition) is 5. The number of alkyl halides is 3. The molecule has 0 aromatic heterocycles. The monoisotopic (exact) mass is 467 g/mol. The van der Waals surface area contributed by atoms with Crippen LogP contribution in [-0.2, 0) is 21.0 Å². The normalized spacial score (nSPS) is 20.7. The molecule has 32 heavy (non-hydrogen) atoms. The highest BCUT2D eigenvalue weighted by molar-refractivity contribution is 7.89. The van der Waals surface area contributed by atoms with Gasteiger partial charge in [0, 0.05) is 44.8 Å². The Kier molecular flexibility index (Phi) is 6.17. The summed E-state index contributed by atoms with van der Waals surface area (Å²) in [6.07, 6.45) is -3.75. The molecule has 2 heterocycles. The van der Waals surface area contributed by atoms with Crippen molar-refractivity contribution in [1.82, 2.24) is 9.21 Å². The van der Waals surface area contributed by atoms with Crippen molar-refractivity contribution in [2.45, 2.75) is 30.0 Å². The third kappa shape index (κ3) is 4.61. The first-order valence-electron chi connectivity index (χ1n) is 10.4. The largest absolute Gasteiger partial charge is 0.416 e. The van der Waals surface area contributed by atoms with Gasteiger partial charge in [0.05, 0.1) is 16.5 Å². The van der Waals surface area contributed by atoms with Gasteiger partial charge in [0.15, 0.2) is 0 Å². The van der Waals surface area contributed by atoms with Crippen molar-refractivity contribution in [1.29, 1.82) is 0 Å². The van der Waals surface area contributed by atoms with Crippen LogP contribution in [0, 0.1) is 0 Å². The van der Waals surface area contributed by atoms with E-state index in [4.69, 9.17) is 0 Å². The zero-order valence-electron chi connectivity index (χ0n) is 17.3. The van der Waals surface area contributed by atoms with Crippen LogP contribution in [0.15, 0.2) is 59.5 Å². The van der Waals surface area contributed by atoms with Gasteiger partial charge in [-0.05, 0) is 36.8 Å². The van der Waals surface area contributed by atoms with Crippen LogP contribution >= 0.6 is 0 Å². The number of sulfonamides is 1. The summed E-state index contributed by atoms with van der Waals surface area (Å²) in [6, 6.07) is 12.7. The second-order valence-electron chi connectivity index (χ2n) is 8.04. The lowest BCUT2D eigenvalue weighted by molar-refractivity contribution is -0.137. The van der Waals surface area contributed by atoms with Crippen LogP contribution in [-0.4, -0.2) is 62.3 Å². The number of carbonyl (C=O) groups excluding carboxylic acids is 1. The van der Waals surface area contributed by atoms with E-state index < -0.39 is 33.7 Å². The highest BCUT2D eigenvalue weighted by Crippen LogP contribution is 2.32. The van der Waals surface area contributed by atoms with E-state index in [9.17, 15) is 26.4 Å². The predicted octanol–water partition coefficient (Wildman–Crippen LogP) is 3.21. The molecule has 0 spiro atoms. The molecule has 172 valence electrons. The third-order valence-electron chi connectivity index (χ3n) is 5.95. The average molecular weight is 468 g/mol. The number of halogens is 3. The summed E-state index contributed by atoms with van der Waals surface area (Å²) in [5.41, 5.74) is -0.160. The quantitative estimate of drug-likeness (QED) is 0.676. The fourth-order valence-corrected chi connectivity index (χ4v) is 5.94. The maximum absolute atomic E-state index is 13.0. The van der Waals surface area contributed by atoms with Crippen LogP contribution in [0.4, 0.5) is 18.9 Å². The van der Waals surface area contributed by atoms with E-state index in [2.05, 4.69) is 4.90 Å². The van der Waals surface area contributed by atoms with Gasteiger partial charge >= 0.3 is 6.18 Å². The number of carbonyl (C=O) groups is 1. The molecule has 0 N–H and O–H groups in total. The molecule has 2 aliphatic rings. The predicted molar refractivity (Wildman–Crippen MR) is 114 cm³/mol. The second kappa shape index (κ2) is 8.74. The van der Waals surface area contributed by atoms with Gasteiger partial charge in [-0.15, -0.1) is 0 Å². The topological polar surface area (TPSA) is 60.9 Å². The van der Waals surface area contributed by atoms with Crippen molar-refractivity contribution in [3.8, 4) is 0 Å². The Labute approximate surface area is 185 Å². The fraction of sp³-hybridized carbons (Fsp3) is 0.409. The molecule has 4 rings (SSSR count). The van der Waals surface area contributed by atoms with Crippen molar-refractivity contribution in [2.24, 2.45) is 0 Å². The van der Waals surface area contributed by atoms with Gasteiger partial charge in [-0.1, -0.05) is 24.3 Å². The first-order chi connectivity index (χ1) is 15.2. The Morgan fingerprint density at radius 1 is 0.938 bits per heavy atom. The molecule has 6 nitrogen and oxygen atoms in total. The molecule has 10 heteroatoms. The summed E-state index contributed by atoms with van der Waals surface area (Å²) < 4.78 is 66.1. The summed E-state index contributed by atoms with van der Waals surface area (Å²) in [6.45, 7) is 2.59. The molecule has 0 radical (unpaired) electrons. The smallest absolute Gasteiger partial charge is 0.369 e. The van der Waals surface area contributed by atoms with Gasteiger partial charge in [0.25, 0.3) is 10.0 Å². The Balaban J connectivity index is 1.41. The number of hydrogen-bond donors (Lipinski definition) is 0. The summed E-state index contributed by atoms with van der Waals surface area (Å²) in [5, 5.41) is 0. The summed E-state index contributed by atoms with van der Waals surface area (Å²) >= 11 is 0. The van der Waals surface area contributed by atoms with Crippen molar-refractivity contribution in [3.63, 3.8) is 0 Å². The highest BCUT2D eigenvalue weighted by atomic mass is 32.2. The number of piperazine rings is 1. The van der Waals surface area contributed by atoms with E-state index in [-0.39, 0.29) is 11.3 Å². The standard InChI is InChI=1S/C22H24F3N3O3S/c23-22(24,25)17-5-4-6-18(15-17)27-13-11-26(12-14-27)16-19-9-10-21(29)28(19)32(30,31)20-7-2-1-3-8-20/h1-8,15,19H,9-14,16H2/t19-/m0/s1. The van der Waals surface area contributed by atoms with Crippen LogP contribution in [0.3, 0.4) is 0 Å². The van der Waals surface area contributed by atoms with E-state index in [1.54, 1.807) is 24.3 Å². The van der Waals surface area contributed by atoms with E-state index in [1.165, 1.54) is 18.2 Å². The van der Waals surface area contributed by atoms with Gasteiger partial charge in [0.1, 0.15) is 0 Å². The van der Waals surface area contributed by atoms with E-state index in [1.807, 2.05) is 4.90 Å². The van der Waals surface area contributed by atoms with Crippen molar-refractivity contribution in [3.05, 3.63) is 60.2 Å². The van der Waals surface area contributed by atoms with Gasteiger partial charge in [0.2, 0.25) is 5.91 Å². The van der Waals surface area contributed by atoms with Gasteiger partial charge < -0.3 is 4.90 Å².